The Balaban J connectivity index is 4.87. The zero-order valence-electron chi connectivity index (χ0n) is 16.4. The number of aliphatic hydroxyl groups excluding tert-OH is 1. The predicted molar refractivity (Wildman–Crippen MR) is 103 cm³/mol. The Labute approximate surface area is 157 Å². The molecular weight excluding hydrogens is 427 g/mol. The van der Waals surface area contributed by atoms with E-state index in [0.717, 1.165) is 57.9 Å². The normalized spacial score (nSPS) is 13.0. The summed E-state index contributed by atoms with van der Waals surface area (Å²) in [4.78, 5) is 23.8. The second-order valence-corrected chi connectivity index (χ2v) is 18.3. The number of aliphatic hydroxyl groups is 1. The van der Waals surface area contributed by atoms with Crippen molar-refractivity contribution in [3.8, 4) is 0 Å². The van der Waals surface area contributed by atoms with Gasteiger partial charge >= 0.3 is 158 Å². The van der Waals surface area contributed by atoms with E-state index in [1.165, 1.54) is 13.0 Å². The fourth-order valence-electron chi connectivity index (χ4n) is 2.66. The van der Waals surface area contributed by atoms with Crippen molar-refractivity contribution >= 4 is 30.7 Å². The van der Waals surface area contributed by atoms with Crippen LogP contribution in [0.5, 0.6) is 0 Å². The van der Waals surface area contributed by atoms with Gasteiger partial charge in [-0.2, -0.15) is 0 Å². The maximum atomic E-state index is 12.3. The number of hydrogen-bond donors (Lipinski definition) is 1. The third kappa shape index (κ3) is 12.4. The summed E-state index contributed by atoms with van der Waals surface area (Å²) in [6, 6.07) is 0. The van der Waals surface area contributed by atoms with E-state index in [0.29, 0.717) is 0 Å². The minimum atomic E-state index is -2.99. The van der Waals surface area contributed by atoms with Crippen molar-refractivity contribution < 1.29 is 22.5 Å². The maximum absolute atomic E-state index is 12.3. The van der Waals surface area contributed by atoms with Crippen molar-refractivity contribution in [3.05, 3.63) is 12.2 Å². The van der Waals surface area contributed by atoms with Crippen LogP contribution < -0.4 is 0 Å². The monoisotopic (exact) mass is 464 g/mol. The SMILES string of the molecule is CCC[CH2][Sn]([CH2]CCC)([CH2]CCC)[O]C(=O)C=CC(=O)OCC(C)O. The van der Waals surface area contributed by atoms with Gasteiger partial charge in [0.25, 0.3) is 0 Å². The Morgan fingerprint density at radius 1 is 0.920 bits per heavy atom. The quantitative estimate of drug-likeness (QED) is 0.236. The van der Waals surface area contributed by atoms with E-state index in [2.05, 4.69) is 20.8 Å². The van der Waals surface area contributed by atoms with Gasteiger partial charge in [0.1, 0.15) is 0 Å². The molecule has 0 aromatic carbocycles. The number of carbonyl (C=O) groups excluding carboxylic acids is 2. The van der Waals surface area contributed by atoms with Crippen LogP contribution in [0.2, 0.25) is 13.3 Å². The van der Waals surface area contributed by atoms with E-state index in [-0.39, 0.29) is 6.61 Å². The molecule has 6 heteroatoms. The topological polar surface area (TPSA) is 72.8 Å². The van der Waals surface area contributed by atoms with E-state index in [4.69, 9.17) is 12.9 Å². The molecule has 0 saturated heterocycles. The van der Waals surface area contributed by atoms with Crippen LogP contribution in [0.4, 0.5) is 0 Å². The predicted octanol–water partition coefficient (Wildman–Crippen LogP) is 4.36. The summed E-state index contributed by atoms with van der Waals surface area (Å²) in [7, 11) is 0. The van der Waals surface area contributed by atoms with E-state index in [9.17, 15) is 9.59 Å². The van der Waals surface area contributed by atoms with Crippen molar-refractivity contribution in [2.45, 2.75) is 85.6 Å². The molecule has 146 valence electrons. The molecule has 0 aliphatic carbocycles. The van der Waals surface area contributed by atoms with Gasteiger partial charge in [0.2, 0.25) is 0 Å². The number of carbonyl (C=O) groups is 2. The zero-order valence-corrected chi connectivity index (χ0v) is 19.2. The van der Waals surface area contributed by atoms with Gasteiger partial charge < -0.3 is 0 Å². The second-order valence-electron chi connectivity index (χ2n) is 6.73. The summed E-state index contributed by atoms with van der Waals surface area (Å²) in [6.07, 6.45) is 8.21. The molecule has 1 N–H and O–H groups in total. The van der Waals surface area contributed by atoms with Gasteiger partial charge in [0.15, 0.2) is 0 Å². The Bertz CT molecular complexity index is 385. The first-order chi connectivity index (χ1) is 11.9. The standard InChI is InChI=1S/C7H10O5.3C4H9.Sn/c1-5(8)4-12-7(11)3-2-6(9)10;3*1-3-4-2;/h2-3,5,8H,4H2,1H3,(H,9,10);3*1,3-4H2,2H3;/q;;;;+1/p-1. The van der Waals surface area contributed by atoms with Gasteiger partial charge in [0, 0.05) is 0 Å². The molecule has 0 aliphatic heterocycles. The molecule has 1 atom stereocenters. The van der Waals surface area contributed by atoms with Gasteiger partial charge in [-0.05, 0) is 0 Å². The number of rotatable bonds is 14. The molecular formula is C19H36O5Sn. The number of hydrogen-bond acceptors (Lipinski definition) is 5. The van der Waals surface area contributed by atoms with Gasteiger partial charge in [-0.25, -0.2) is 0 Å². The molecule has 0 saturated carbocycles. The third-order valence-corrected chi connectivity index (χ3v) is 16.7. The van der Waals surface area contributed by atoms with Gasteiger partial charge in [-0.15, -0.1) is 0 Å². The summed E-state index contributed by atoms with van der Waals surface area (Å²) in [5, 5.41) is 9.09. The molecule has 0 aromatic heterocycles. The molecule has 0 aromatic rings. The fraction of sp³-hybridized carbons (Fsp3) is 0.789. The van der Waals surface area contributed by atoms with E-state index >= 15 is 0 Å². The van der Waals surface area contributed by atoms with E-state index in [1.807, 2.05) is 0 Å². The first-order valence-corrected chi connectivity index (χ1v) is 16.9. The second kappa shape index (κ2) is 14.6. The van der Waals surface area contributed by atoms with Crippen molar-refractivity contribution in [2.24, 2.45) is 0 Å². The number of unbranched alkanes of at least 4 members (excludes halogenated alkanes) is 3. The van der Waals surface area contributed by atoms with Crippen molar-refractivity contribution in [2.75, 3.05) is 6.61 Å². The summed E-state index contributed by atoms with van der Waals surface area (Å²) >= 11 is -2.99. The first kappa shape index (κ1) is 24.4. The molecule has 0 spiro atoms. The molecule has 0 radical (unpaired) electrons. The van der Waals surface area contributed by atoms with E-state index < -0.39 is 36.8 Å². The van der Waals surface area contributed by atoms with Crippen LogP contribution in [0.25, 0.3) is 0 Å². The Kier molecular flexibility index (Phi) is 14.3. The minimum absolute atomic E-state index is 0.0785. The molecule has 0 bridgehead atoms. The fourth-order valence-corrected chi connectivity index (χ4v) is 15.6. The van der Waals surface area contributed by atoms with Crippen LogP contribution in [0.15, 0.2) is 12.2 Å². The summed E-state index contributed by atoms with van der Waals surface area (Å²) in [6.45, 7) is 7.94. The first-order valence-electron chi connectivity index (χ1n) is 9.65. The molecule has 1 unspecified atom stereocenters. The number of esters is 1. The molecule has 0 fully saturated rings. The van der Waals surface area contributed by atoms with Crippen LogP contribution in [0.1, 0.15) is 66.2 Å². The average molecular weight is 463 g/mol. The van der Waals surface area contributed by atoms with E-state index in [1.54, 1.807) is 0 Å². The Morgan fingerprint density at radius 2 is 1.36 bits per heavy atom. The zero-order chi connectivity index (χ0) is 19.1. The van der Waals surface area contributed by atoms with Gasteiger partial charge in [-0.3, -0.25) is 0 Å². The average Bonchev–Trinajstić information content (AvgIpc) is 2.59. The van der Waals surface area contributed by atoms with Gasteiger partial charge in [0.05, 0.1) is 0 Å². The van der Waals surface area contributed by atoms with Crippen molar-refractivity contribution in [1.29, 1.82) is 0 Å². The van der Waals surface area contributed by atoms with Crippen LogP contribution in [-0.4, -0.2) is 48.5 Å². The molecule has 25 heavy (non-hydrogen) atoms. The molecule has 0 rings (SSSR count). The van der Waals surface area contributed by atoms with Crippen LogP contribution in [-0.2, 0) is 17.4 Å². The van der Waals surface area contributed by atoms with Crippen molar-refractivity contribution in [3.63, 3.8) is 0 Å². The summed E-state index contributed by atoms with van der Waals surface area (Å²) < 4.78 is 14.1. The van der Waals surface area contributed by atoms with Crippen LogP contribution in [0, 0.1) is 0 Å². The summed E-state index contributed by atoms with van der Waals surface area (Å²) in [5.41, 5.74) is 0. The molecule has 0 aliphatic rings. The van der Waals surface area contributed by atoms with Gasteiger partial charge in [-0.1, -0.05) is 0 Å². The Morgan fingerprint density at radius 3 is 1.76 bits per heavy atom. The molecule has 0 amide bonds. The van der Waals surface area contributed by atoms with Crippen LogP contribution >= 0.6 is 0 Å². The third-order valence-electron chi connectivity index (χ3n) is 4.10. The van der Waals surface area contributed by atoms with Crippen LogP contribution in [0.3, 0.4) is 0 Å². The number of ether oxygens (including phenoxy) is 1. The Hall–Kier alpha value is -0.561. The summed E-state index contributed by atoms with van der Waals surface area (Å²) in [5.74, 6) is -1.04. The molecule has 0 heterocycles. The molecule has 5 nitrogen and oxygen atoms in total. The van der Waals surface area contributed by atoms with Crippen molar-refractivity contribution in [1.82, 2.24) is 0 Å².